The van der Waals surface area contributed by atoms with Crippen LogP contribution in [0.15, 0.2) is 58.5 Å². The van der Waals surface area contributed by atoms with E-state index < -0.39 is 0 Å². The Morgan fingerprint density at radius 1 is 1.32 bits per heavy atom. The Morgan fingerprint density at radius 3 is 2.64 bits per heavy atom. The molecule has 1 amide bonds. The maximum absolute atomic E-state index is 11.5. The van der Waals surface area contributed by atoms with Gasteiger partial charge in [0.05, 0.1) is 6.20 Å². The summed E-state index contributed by atoms with van der Waals surface area (Å²) in [5, 5.41) is 4.43. The predicted molar refractivity (Wildman–Crippen MR) is 115 cm³/mol. The molecule has 2 rings (SSSR count). The fourth-order valence-electron chi connectivity index (χ4n) is 3.14. The van der Waals surface area contributed by atoms with Crippen molar-refractivity contribution in [3.63, 3.8) is 0 Å². The highest BCUT2D eigenvalue weighted by Crippen LogP contribution is 2.28. The molecule has 0 aromatic carbocycles. The summed E-state index contributed by atoms with van der Waals surface area (Å²) in [4.78, 5) is 21.9. The molecule has 148 valence electrons. The van der Waals surface area contributed by atoms with Gasteiger partial charge in [0.2, 0.25) is 6.41 Å². The van der Waals surface area contributed by atoms with Crippen LogP contribution in [0.1, 0.15) is 46.6 Å². The van der Waals surface area contributed by atoms with Gasteiger partial charge >= 0.3 is 0 Å². The van der Waals surface area contributed by atoms with Crippen molar-refractivity contribution in [2.24, 2.45) is 4.99 Å². The fourth-order valence-corrected chi connectivity index (χ4v) is 3.14. The maximum Gasteiger partial charge on any atom is 0.215 e. The summed E-state index contributed by atoms with van der Waals surface area (Å²) in [6.45, 7) is 10.8. The Labute approximate surface area is 167 Å². The van der Waals surface area contributed by atoms with E-state index in [0.717, 1.165) is 40.8 Å². The van der Waals surface area contributed by atoms with E-state index in [9.17, 15) is 4.79 Å². The van der Waals surface area contributed by atoms with Crippen LogP contribution >= 0.6 is 0 Å². The molecule has 0 N–H and O–H groups in total. The van der Waals surface area contributed by atoms with Crippen LogP contribution in [0.5, 0.6) is 0 Å². The van der Waals surface area contributed by atoms with Gasteiger partial charge in [0.15, 0.2) is 5.65 Å². The molecule has 0 spiro atoms. The molecule has 2 aromatic heterocycles. The summed E-state index contributed by atoms with van der Waals surface area (Å²) in [6.07, 6.45) is 11.4. The maximum atomic E-state index is 11.5. The molecule has 0 atom stereocenters. The molecular formula is C22H29N5O. The number of likely N-dealkylation sites (N-methyl/N-ethyl adjacent to an activating group) is 1. The van der Waals surface area contributed by atoms with Crippen LogP contribution in [0.25, 0.3) is 11.2 Å². The zero-order valence-corrected chi connectivity index (χ0v) is 17.6. The van der Waals surface area contributed by atoms with Crippen LogP contribution < -0.4 is 0 Å². The topological polar surface area (TPSA) is 62.9 Å². The Bertz CT molecular complexity index is 962. The van der Waals surface area contributed by atoms with Crippen molar-refractivity contribution >= 4 is 23.5 Å². The van der Waals surface area contributed by atoms with Gasteiger partial charge in [-0.15, -0.1) is 0 Å². The van der Waals surface area contributed by atoms with Crippen LogP contribution in [0.2, 0.25) is 0 Å². The van der Waals surface area contributed by atoms with Crippen LogP contribution in [-0.2, 0) is 4.79 Å². The molecular weight excluding hydrogens is 350 g/mol. The number of nitrogens with zero attached hydrogens (tertiary/aromatic N) is 5. The number of carbonyl (C=O) groups is 1. The van der Waals surface area contributed by atoms with Crippen molar-refractivity contribution in [3.8, 4) is 0 Å². The molecule has 0 aliphatic heterocycles. The number of allylic oxidation sites excluding steroid dienone is 4. The molecule has 6 heteroatoms. The first-order valence-electron chi connectivity index (χ1n) is 9.54. The SMILES string of the molecule is C/C=C(C(=NC)N(C=O)CC)\C(C)=C/C(=C(C)CC)c1cnn2cccnc12. The van der Waals surface area contributed by atoms with Crippen LogP contribution in [-0.4, -0.2) is 45.3 Å². The van der Waals surface area contributed by atoms with Gasteiger partial charge in [0, 0.05) is 37.1 Å². The average molecular weight is 380 g/mol. The molecule has 0 unspecified atom stereocenters. The second kappa shape index (κ2) is 9.78. The molecule has 0 aliphatic carbocycles. The highest BCUT2D eigenvalue weighted by molar-refractivity contribution is 6.07. The number of hydrogen-bond acceptors (Lipinski definition) is 4. The van der Waals surface area contributed by atoms with Gasteiger partial charge < -0.3 is 0 Å². The van der Waals surface area contributed by atoms with E-state index in [-0.39, 0.29) is 0 Å². The Kier molecular flexibility index (Phi) is 7.44. The number of fused-ring (bicyclic) bond motifs is 1. The smallest absolute Gasteiger partial charge is 0.215 e. The average Bonchev–Trinajstić information content (AvgIpc) is 3.15. The number of rotatable bonds is 7. The first-order valence-corrected chi connectivity index (χ1v) is 9.54. The zero-order valence-electron chi connectivity index (χ0n) is 17.6. The highest BCUT2D eigenvalue weighted by Gasteiger charge is 2.17. The number of hydrogen-bond donors (Lipinski definition) is 0. The lowest BCUT2D eigenvalue weighted by Crippen LogP contribution is -2.31. The van der Waals surface area contributed by atoms with E-state index in [4.69, 9.17) is 0 Å². The molecule has 6 nitrogen and oxygen atoms in total. The number of carbonyl (C=O) groups excluding carboxylic acids is 1. The second-order valence-electron chi connectivity index (χ2n) is 6.46. The van der Waals surface area contributed by atoms with Gasteiger partial charge in [-0.25, -0.2) is 9.50 Å². The lowest BCUT2D eigenvalue weighted by atomic mass is 9.96. The second-order valence-corrected chi connectivity index (χ2v) is 6.46. The van der Waals surface area contributed by atoms with Crippen molar-refractivity contribution in [1.29, 1.82) is 0 Å². The van der Waals surface area contributed by atoms with Crippen molar-refractivity contribution < 1.29 is 4.79 Å². The molecule has 2 aromatic rings. The van der Waals surface area contributed by atoms with E-state index in [1.807, 2.05) is 45.3 Å². The number of amides is 1. The fraction of sp³-hybridized carbons (Fsp3) is 0.364. The summed E-state index contributed by atoms with van der Waals surface area (Å²) < 4.78 is 1.78. The first kappa shape index (κ1) is 21.3. The van der Waals surface area contributed by atoms with Gasteiger partial charge in [-0.2, -0.15) is 5.10 Å². The van der Waals surface area contributed by atoms with Crippen LogP contribution in [0.4, 0.5) is 0 Å². The van der Waals surface area contributed by atoms with Crippen molar-refractivity contribution in [3.05, 3.63) is 59.1 Å². The normalized spacial score (nSPS) is 14.3. The molecule has 0 saturated carbocycles. The van der Waals surface area contributed by atoms with Crippen molar-refractivity contribution in [2.45, 2.75) is 41.0 Å². The zero-order chi connectivity index (χ0) is 20.7. The van der Waals surface area contributed by atoms with Crippen LogP contribution in [0, 0.1) is 0 Å². The van der Waals surface area contributed by atoms with Crippen molar-refractivity contribution in [2.75, 3.05) is 13.6 Å². The van der Waals surface area contributed by atoms with Gasteiger partial charge in [-0.3, -0.25) is 14.7 Å². The molecule has 28 heavy (non-hydrogen) atoms. The van der Waals surface area contributed by atoms with E-state index in [1.54, 1.807) is 22.7 Å². The lowest BCUT2D eigenvalue weighted by Gasteiger charge is -2.21. The minimum Gasteiger partial charge on any atom is -0.300 e. The summed E-state index contributed by atoms with van der Waals surface area (Å²) >= 11 is 0. The molecule has 0 aliphatic rings. The Hall–Kier alpha value is -3.02. The van der Waals surface area contributed by atoms with E-state index in [2.05, 4.69) is 35.0 Å². The highest BCUT2D eigenvalue weighted by atomic mass is 16.1. The standard InChI is InChI=1S/C22H29N5O/c1-7-16(4)19(20-14-25-27-12-10-11-24-22(20)27)13-17(5)18(8-2)21(23-6)26(9-3)15-28/h8,10-15H,7,9H2,1-6H3/b17-13-,18-8+,19-16?,23-21?. The summed E-state index contributed by atoms with van der Waals surface area (Å²) in [6, 6.07) is 1.86. The molecule has 2 heterocycles. The van der Waals surface area contributed by atoms with Gasteiger partial charge in [0.25, 0.3) is 0 Å². The minimum absolute atomic E-state index is 0.565. The van der Waals surface area contributed by atoms with Gasteiger partial charge in [-0.1, -0.05) is 24.6 Å². The Balaban J connectivity index is 2.60. The number of aromatic nitrogens is 3. The monoisotopic (exact) mass is 379 g/mol. The first-order chi connectivity index (χ1) is 13.5. The number of amidine groups is 1. The van der Waals surface area contributed by atoms with Gasteiger partial charge in [0.1, 0.15) is 5.84 Å². The van der Waals surface area contributed by atoms with E-state index in [0.29, 0.717) is 12.4 Å². The molecule has 0 fully saturated rings. The summed E-state index contributed by atoms with van der Waals surface area (Å²) in [5.74, 6) is 0.667. The quantitative estimate of drug-likeness (QED) is 0.312. The third-order valence-corrected chi connectivity index (χ3v) is 4.83. The van der Waals surface area contributed by atoms with E-state index >= 15 is 0 Å². The van der Waals surface area contributed by atoms with E-state index in [1.165, 1.54) is 5.57 Å². The largest absolute Gasteiger partial charge is 0.300 e. The Morgan fingerprint density at radius 2 is 2.07 bits per heavy atom. The predicted octanol–water partition coefficient (Wildman–Crippen LogP) is 4.31. The molecule has 0 radical (unpaired) electrons. The third-order valence-electron chi connectivity index (χ3n) is 4.83. The summed E-state index contributed by atoms with van der Waals surface area (Å²) in [5.41, 5.74) is 6.12. The molecule has 0 saturated heterocycles. The van der Waals surface area contributed by atoms with Gasteiger partial charge in [-0.05, 0) is 51.3 Å². The van der Waals surface area contributed by atoms with Crippen LogP contribution in [0.3, 0.4) is 0 Å². The summed E-state index contributed by atoms with van der Waals surface area (Å²) in [7, 11) is 1.71. The lowest BCUT2D eigenvalue weighted by molar-refractivity contribution is -0.114. The molecule has 0 bridgehead atoms. The minimum atomic E-state index is 0.565. The number of aliphatic imine (C=N–C) groups is 1. The van der Waals surface area contributed by atoms with Crippen molar-refractivity contribution in [1.82, 2.24) is 19.5 Å². The third kappa shape index (κ3) is 4.27.